The van der Waals surface area contributed by atoms with Gasteiger partial charge in [-0.3, -0.25) is 4.79 Å². The summed E-state index contributed by atoms with van der Waals surface area (Å²) < 4.78 is 0. The molecule has 1 unspecified atom stereocenters. The molecule has 19 heavy (non-hydrogen) atoms. The number of carbonyl (C=O) groups is 2. The first kappa shape index (κ1) is 13.6. The lowest BCUT2D eigenvalue weighted by Gasteiger charge is -2.26. The first-order chi connectivity index (χ1) is 9.15. The molecule has 0 saturated carbocycles. The standard InChI is InChI=1S/C15H19NO3/c1-2-12(11-7-4-3-5-8-11)14(17)16-10-6-9-13(16)15(18)19/h3-5,7-8,12-13H,2,6,9-10H2,1H3,(H,18,19)/t12?,13-/m1/s1. The normalized spacial score (nSPS) is 20.3. The molecule has 4 heteroatoms. The Labute approximate surface area is 113 Å². The average Bonchev–Trinajstić information content (AvgIpc) is 2.90. The van der Waals surface area contributed by atoms with Crippen molar-refractivity contribution in [3.05, 3.63) is 35.9 Å². The molecular weight excluding hydrogens is 242 g/mol. The molecule has 0 aromatic heterocycles. The third-order valence-corrected chi connectivity index (χ3v) is 3.73. The van der Waals surface area contributed by atoms with E-state index in [2.05, 4.69) is 0 Å². The van der Waals surface area contributed by atoms with Crippen molar-refractivity contribution in [1.29, 1.82) is 0 Å². The Hall–Kier alpha value is -1.84. The number of aliphatic carboxylic acids is 1. The van der Waals surface area contributed by atoms with Gasteiger partial charge in [0.2, 0.25) is 5.91 Å². The molecule has 0 aliphatic carbocycles. The van der Waals surface area contributed by atoms with Crippen LogP contribution in [0.25, 0.3) is 0 Å². The molecule has 102 valence electrons. The summed E-state index contributed by atoms with van der Waals surface area (Å²) in [5.74, 6) is -1.19. The van der Waals surface area contributed by atoms with E-state index >= 15 is 0 Å². The highest BCUT2D eigenvalue weighted by Gasteiger charge is 2.36. The van der Waals surface area contributed by atoms with Crippen LogP contribution in [-0.2, 0) is 9.59 Å². The lowest BCUT2D eigenvalue weighted by Crippen LogP contribution is -2.42. The fraction of sp³-hybridized carbons (Fsp3) is 0.467. The summed E-state index contributed by atoms with van der Waals surface area (Å²) in [6.45, 7) is 2.51. The number of hydrogen-bond acceptors (Lipinski definition) is 2. The number of hydrogen-bond donors (Lipinski definition) is 1. The van der Waals surface area contributed by atoms with Crippen LogP contribution >= 0.6 is 0 Å². The quantitative estimate of drug-likeness (QED) is 0.904. The average molecular weight is 261 g/mol. The minimum Gasteiger partial charge on any atom is -0.480 e. The largest absolute Gasteiger partial charge is 0.480 e. The van der Waals surface area contributed by atoms with E-state index in [4.69, 9.17) is 5.11 Å². The van der Waals surface area contributed by atoms with Crippen LogP contribution < -0.4 is 0 Å². The van der Waals surface area contributed by atoms with Crippen LogP contribution in [0.1, 0.15) is 37.7 Å². The number of likely N-dealkylation sites (tertiary alicyclic amines) is 1. The number of benzene rings is 1. The third kappa shape index (κ3) is 2.78. The number of rotatable bonds is 4. The zero-order valence-corrected chi connectivity index (χ0v) is 11.1. The van der Waals surface area contributed by atoms with Gasteiger partial charge in [0, 0.05) is 6.54 Å². The SMILES string of the molecule is CCC(C(=O)N1CCC[C@@H]1C(=O)O)c1ccccc1. The van der Waals surface area contributed by atoms with Crippen LogP contribution in [0.15, 0.2) is 30.3 Å². The molecule has 4 nitrogen and oxygen atoms in total. The number of carboxylic acids is 1. The zero-order chi connectivity index (χ0) is 13.8. The lowest BCUT2D eigenvalue weighted by molar-refractivity contribution is -0.148. The molecule has 1 aliphatic rings. The minimum absolute atomic E-state index is 0.0569. The van der Waals surface area contributed by atoms with E-state index in [0.29, 0.717) is 19.4 Å². The fourth-order valence-corrected chi connectivity index (χ4v) is 2.73. The molecule has 1 saturated heterocycles. The van der Waals surface area contributed by atoms with Crippen LogP contribution in [0.2, 0.25) is 0 Å². The molecule has 1 fully saturated rings. The Morgan fingerprint density at radius 3 is 2.63 bits per heavy atom. The molecule has 0 spiro atoms. The van der Waals surface area contributed by atoms with Gasteiger partial charge in [0.25, 0.3) is 0 Å². The molecular formula is C15H19NO3. The van der Waals surface area contributed by atoms with Gasteiger partial charge in [-0.2, -0.15) is 0 Å². The zero-order valence-electron chi connectivity index (χ0n) is 11.1. The molecule has 1 aliphatic heterocycles. The Balaban J connectivity index is 2.19. The van der Waals surface area contributed by atoms with E-state index in [1.54, 1.807) is 0 Å². The Bertz CT molecular complexity index is 458. The van der Waals surface area contributed by atoms with Gasteiger partial charge in [-0.1, -0.05) is 37.3 Å². The van der Waals surface area contributed by atoms with Crippen molar-refractivity contribution in [3.8, 4) is 0 Å². The summed E-state index contributed by atoms with van der Waals surface area (Å²) in [4.78, 5) is 25.3. The number of carboxylic acid groups (broad SMARTS) is 1. The first-order valence-corrected chi connectivity index (χ1v) is 6.73. The van der Waals surface area contributed by atoms with Crippen molar-refractivity contribution in [2.75, 3.05) is 6.54 Å². The Morgan fingerprint density at radius 1 is 1.37 bits per heavy atom. The maximum absolute atomic E-state index is 12.6. The summed E-state index contributed by atoms with van der Waals surface area (Å²) >= 11 is 0. The highest BCUT2D eigenvalue weighted by atomic mass is 16.4. The van der Waals surface area contributed by atoms with Crippen LogP contribution in [0.5, 0.6) is 0 Å². The molecule has 2 rings (SSSR count). The van der Waals surface area contributed by atoms with E-state index in [-0.39, 0.29) is 11.8 Å². The highest BCUT2D eigenvalue weighted by Crippen LogP contribution is 2.27. The van der Waals surface area contributed by atoms with Gasteiger partial charge in [0.15, 0.2) is 0 Å². The van der Waals surface area contributed by atoms with Crippen molar-refractivity contribution in [2.45, 2.75) is 38.1 Å². The topological polar surface area (TPSA) is 57.6 Å². The van der Waals surface area contributed by atoms with Gasteiger partial charge in [-0.15, -0.1) is 0 Å². The van der Waals surface area contributed by atoms with Crippen LogP contribution in [0, 0.1) is 0 Å². The van der Waals surface area contributed by atoms with Crippen LogP contribution in [-0.4, -0.2) is 34.5 Å². The summed E-state index contributed by atoms with van der Waals surface area (Å²) in [5.41, 5.74) is 0.964. The number of nitrogens with zero attached hydrogens (tertiary/aromatic N) is 1. The van der Waals surface area contributed by atoms with E-state index < -0.39 is 12.0 Å². The van der Waals surface area contributed by atoms with Crippen LogP contribution in [0.4, 0.5) is 0 Å². The van der Waals surface area contributed by atoms with Gasteiger partial charge in [0.05, 0.1) is 5.92 Å². The van der Waals surface area contributed by atoms with Crippen molar-refractivity contribution >= 4 is 11.9 Å². The van der Waals surface area contributed by atoms with Gasteiger partial charge in [-0.05, 0) is 24.8 Å². The number of amides is 1. The second-order valence-electron chi connectivity index (χ2n) is 4.90. The highest BCUT2D eigenvalue weighted by molar-refractivity contribution is 5.88. The predicted molar refractivity (Wildman–Crippen MR) is 71.8 cm³/mol. The van der Waals surface area contributed by atoms with Gasteiger partial charge >= 0.3 is 5.97 Å². The lowest BCUT2D eigenvalue weighted by atomic mass is 9.95. The maximum atomic E-state index is 12.6. The van der Waals surface area contributed by atoms with E-state index in [0.717, 1.165) is 12.0 Å². The first-order valence-electron chi connectivity index (χ1n) is 6.73. The summed E-state index contributed by atoms with van der Waals surface area (Å²) in [6, 6.07) is 8.94. The monoisotopic (exact) mass is 261 g/mol. The van der Waals surface area contributed by atoms with Gasteiger partial charge in [-0.25, -0.2) is 4.79 Å². The van der Waals surface area contributed by atoms with Crippen LogP contribution in [0.3, 0.4) is 0 Å². The smallest absolute Gasteiger partial charge is 0.326 e. The summed E-state index contributed by atoms with van der Waals surface area (Å²) in [7, 11) is 0. The fourth-order valence-electron chi connectivity index (χ4n) is 2.73. The van der Waals surface area contributed by atoms with Crippen molar-refractivity contribution in [2.24, 2.45) is 0 Å². The molecule has 0 bridgehead atoms. The predicted octanol–water partition coefficient (Wildman–Crippen LogP) is 2.26. The molecule has 1 heterocycles. The van der Waals surface area contributed by atoms with Crippen molar-refractivity contribution in [3.63, 3.8) is 0 Å². The van der Waals surface area contributed by atoms with E-state index in [1.165, 1.54) is 4.90 Å². The minimum atomic E-state index is -0.895. The Kier molecular flexibility index (Phi) is 4.20. The maximum Gasteiger partial charge on any atom is 0.326 e. The Morgan fingerprint density at radius 2 is 2.05 bits per heavy atom. The molecule has 1 aromatic carbocycles. The van der Waals surface area contributed by atoms with E-state index in [1.807, 2.05) is 37.3 Å². The third-order valence-electron chi connectivity index (χ3n) is 3.73. The molecule has 2 atom stereocenters. The molecule has 1 N–H and O–H groups in total. The molecule has 1 aromatic rings. The summed E-state index contributed by atoms with van der Waals surface area (Å²) in [5, 5.41) is 9.16. The van der Waals surface area contributed by atoms with Gasteiger partial charge in [0.1, 0.15) is 6.04 Å². The number of carbonyl (C=O) groups excluding carboxylic acids is 1. The second kappa shape index (κ2) is 5.87. The molecule has 0 radical (unpaired) electrons. The van der Waals surface area contributed by atoms with E-state index in [9.17, 15) is 9.59 Å². The molecule has 1 amide bonds. The second-order valence-corrected chi connectivity index (χ2v) is 4.90. The summed E-state index contributed by atoms with van der Waals surface area (Å²) in [6.07, 6.45) is 2.02. The van der Waals surface area contributed by atoms with Crippen molar-refractivity contribution in [1.82, 2.24) is 4.90 Å². The van der Waals surface area contributed by atoms with Crippen molar-refractivity contribution < 1.29 is 14.7 Å². The van der Waals surface area contributed by atoms with Gasteiger partial charge < -0.3 is 10.0 Å².